The van der Waals surface area contributed by atoms with Crippen molar-refractivity contribution >= 4 is 17.0 Å². The van der Waals surface area contributed by atoms with E-state index in [-0.39, 0.29) is 5.95 Å². The number of nitrogens with two attached hydrogens (primary N) is 1. The average molecular weight is 395 g/mol. The predicted octanol–water partition coefficient (Wildman–Crippen LogP) is 3.32. The number of pyridine rings is 1. The van der Waals surface area contributed by atoms with Crippen LogP contribution in [0.2, 0.25) is 0 Å². The Hall–Kier alpha value is -3.13. The molecule has 8 heteroatoms. The summed E-state index contributed by atoms with van der Waals surface area (Å²) < 4.78 is 10.7. The molecule has 0 spiro atoms. The molecule has 1 aliphatic rings. The van der Waals surface area contributed by atoms with Crippen LogP contribution < -0.4 is 20.0 Å². The van der Waals surface area contributed by atoms with Crippen LogP contribution >= 0.6 is 0 Å². The zero-order chi connectivity index (χ0) is 20.4. The van der Waals surface area contributed by atoms with E-state index in [9.17, 15) is 0 Å². The molecule has 152 valence electrons. The van der Waals surface area contributed by atoms with E-state index in [1.54, 1.807) is 20.4 Å². The zero-order valence-corrected chi connectivity index (χ0v) is 16.9. The third kappa shape index (κ3) is 4.02. The van der Waals surface area contributed by atoms with Crippen LogP contribution in [0.5, 0.6) is 17.4 Å². The number of anilines is 1. The van der Waals surface area contributed by atoms with Gasteiger partial charge in [-0.05, 0) is 42.5 Å². The minimum Gasteiger partial charge on any atom is -0.493 e. The lowest BCUT2D eigenvalue weighted by Gasteiger charge is -2.29. The van der Waals surface area contributed by atoms with Gasteiger partial charge in [0.1, 0.15) is 0 Å². The Labute approximate surface area is 169 Å². The van der Waals surface area contributed by atoms with Gasteiger partial charge in [-0.3, -0.25) is 0 Å². The maximum absolute atomic E-state index is 6.09. The molecule has 2 aromatic heterocycles. The second kappa shape index (κ2) is 8.08. The van der Waals surface area contributed by atoms with Crippen LogP contribution in [0.15, 0.2) is 30.5 Å². The molecule has 1 aliphatic heterocycles. The van der Waals surface area contributed by atoms with Gasteiger partial charge in [-0.15, -0.1) is 5.06 Å². The van der Waals surface area contributed by atoms with E-state index in [0.717, 1.165) is 37.1 Å². The Bertz CT molecular complexity index is 1020. The molecule has 0 radical (unpaired) electrons. The highest BCUT2D eigenvalue weighted by Crippen LogP contribution is 2.34. The van der Waals surface area contributed by atoms with Gasteiger partial charge in [0, 0.05) is 24.8 Å². The highest BCUT2D eigenvalue weighted by Gasteiger charge is 2.20. The molecule has 0 amide bonds. The van der Waals surface area contributed by atoms with Crippen molar-refractivity contribution in [1.29, 1.82) is 0 Å². The molecule has 29 heavy (non-hydrogen) atoms. The summed E-state index contributed by atoms with van der Waals surface area (Å²) in [6, 6.07) is 7.69. The highest BCUT2D eigenvalue weighted by atomic mass is 16.7. The molecule has 1 saturated heterocycles. The van der Waals surface area contributed by atoms with Crippen LogP contribution in [-0.2, 0) is 0 Å². The number of aromatic nitrogens is 3. The van der Waals surface area contributed by atoms with Gasteiger partial charge in [-0.2, -0.15) is 9.97 Å². The van der Waals surface area contributed by atoms with Gasteiger partial charge in [0.05, 0.1) is 19.6 Å². The summed E-state index contributed by atoms with van der Waals surface area (Å²) in [5.41, 5.74) is 8.21. The quantitative estimate of drug-likeness (QED) is 0.703. The van der Waals surface area contributed by atoms with Crippen LogP contribution in [-0.4, -0.2) is 47.3 Å². The first-order valence-corrected chi connectivity index (χ1v) is 9.66. The molecule has 0 saturated carbocycles. The van der Waals surface area contributed by atoms with E-state index >= 15 is 0 Å². The first kappa shape index (κ1) is 19.2. The smallest absolute Gasteiger partial charge is 0.252 e. The lowest BCUT2D eigenvalue weighted by atomic mass is 10.0. The van der Waals surface area contributed by atoms with Gasteiger partial charge in [-0.1, -0.05) is 13.0 Å². The van der Waals surface area contributed by atoms with Gasteiger partial charge in [0.2, 0.25) is 5.95 Å². The highest BCUT2D eigenvalue weighted by molar-refractivity contribution is 5.86. The third-order valence-corrected chi connectivity index (χ3v) is 5.21. The summed E-state index contributed by atoms with van der Waals surface area (Å²) in [4.78, 5) is 19.1. The fourth-order valence-corrected chi connectivity index (χ4v) is 3.44. The number of nitrogen functional groups attached to an aromatic ring is 1. The predicted molar refractivity (Wildman–Crippen MR) is 111 cm³/mol. The van der Waals surface area contributed by atoms with Crippen molar-refractivity contribution in [3.8, 4) is 28.5 Å². The molecular weight excluding hydrogens is 370 g/mol. The van der Waals surface area contributed by atoms with Crippen molar-refractivity contribution in [2.75, 3.05) is 33.0 Å². The summed E-state index contributed by atoms with van der Waals surface area (Å²) in [5.74, 6) is 2.60. The summed E-state index contributed by atoms with van der Waals surface area (Å²) in [6.45, 7) is 3.97. The Morgan fingerprint density at radius 2 is 1.76 bits per heavy atom. The number of nitrogens with zero attached hydrogens (tertiary/aromatic N) is 4. The maximum atomic E-state index is 6.09. The Morgan fingerprint density at radius 3 is 2.48 bits per heavy atom. The van der Waals surface area contributed by atoms with Gasteiger partial charge < -0.3 is 20.0 Å². The summed E-state index contributed by atoms with van der Waals surface area (Å²) >= 11 is 0. The van der Waals surface area contributed by atoms with Crippen molar-refractivity contribution in [3.63, 3.8) is 0 Å². The second-order valence-electron chi connectivity index (χ2n) is 7.25. The molecule has 0 unspecified atom stereocenters. The molecule has 1 aromatic carbocycles. The number of fused-ring (bicyclic) bond motifs is 1. The Balaban J connectivity index is 1.72. The molecule has 4 rings (SSSR count). The van der Waals surface area contributed by atoms with Crippen molar-refractivity contribution in [2.45, 2.75) is 19.8 Å². The van der Waals surface area contributed by atoms with Gasteiger partial charge >= 0.3 is 0 Å². The maximum Gasteiger partial charge on any atom is 0.252 e. The molecule has 2 N–H and O–H groups in total. The molecular formula is C21H25N5O3. The average Bonchev–Trinajstić information content (AvgIpc) is 2.74. The fraction of sp³-hybridized carbons (Fsp3) is 0.381. The fourth-order valence-electron chi connectivity index (χ4n) is 3.44. The summed E-state index contributed by atoms with van der Waals surface area (Å²) in [7, 11) is 3.23. The van der Waals surface area contributed by atoms with Gasteiger partial charge in [0.15, 0.2) is 17.1 Å². The van der Waals surface area contributed by atoms with E-state index in [1.807, 2.05) is 29.3 Å². The minimum absolute atomic E-state index is 0.143. The number of benzene rings is 1. The Morgan fingerprint density at radius 1 is 1.00 bits per heavy atom. The number of hydrogen-bond donors (Lipinski definition) is 1. The van der Waals surface area contributed by atoms with Gasteiger partial charge in [-0.25, -0.2) is 4.98 Å². The van der Waals surface area contributed by atoms with Crippen LogP contribution in [0, 0.1) is 5.92 Å². The SMILES string of the molecule is COc1ccc(-c2cnc3nc(N)nc(ON4CCC(C)CC4)c3c2)cc1OC. The van der Waals surface area contributed by atoms with Crippen LogP contribution in [0.3, 0.4) is 0 Å². The monoisotopic (exact) mass is 395 g/mol. The van der Waals surface area contributed by atoms with E-state index < -0.39 is 0 Å². The first-order valence-electron chi connectivity index (χ1n) is 9.66. The van der Waals surface area contributed by atoms with Crippen molar-refractivity contribution < 1.29 is 14.3 Å². The topological polar surface area (TPSA) is 95.6 Å². The number of piperidine rings is 1. The number of methoxy groups -OCH3 is 2. The van der Waals surface area contributed by atoms with Crippen LogP contribution in [0.25, 0.3) is 22.2 Å². The number of hydrogen-bond acceptors (Lipinski definition) is 8. The second-order valence-corrected chi connectivity index (χ2v) is 7.25. The largest absolute Gasteiger partial charge is 0.493 e. The van der Waals surface area contributed by atoms with Crippen molar-refractivity contribution in [1.82, 2.24) is 20.0 Å². The van der Waals surface area contributed by atoms with Gasteiger partial charge in [0.25, 0.3) is 5.88 Å². The molecule has 0 aliphatic carbocycles. The summed E-state index contributed by atoms with van der Waals surface area (Å²) in [6.07, 6.45) is 3.93. The van der Waals surface area contributed by atoms with E-state index in [0.29, 0.717) is 34.3 Å². The standard InChI is InChI=1S/C21H25N5O3/c1-13-6-8-26(9-7-13)29-20-16-10-15(12-23-19(16)24-21(22)25-20)14-4-5-17(27-2)18(11-14)28-3/h4-5,10-13H,6-9H2,1-3H3,(H2,22,23,24,25). The molecule has 3 heterocycles. The van der Waals surface area contributed by atoms with Crippen molar-refractivity contribution in [2.24, 2.45) is 5.92 Å². The van der Waals surface area contributed by atoms with Crippen molar-refractivity contribution in [3.05, 3.63) is 30.5 Å². The van der Waals surface area contributed by atoms with E-state index in [4.69, 9.17) is 20.0 Å². The third-order valence-electron chi connectivity index (χ3n) is 5.21. The molecule has 0 bridgehead atoms. The summed E-state index contributed by atoms with van der Waals surface area (Å²) in [5, 5.41) is 2.65. The van der Waals surface area contributed by atoms with Crippen LogP contribution in [0.4, 0.5) is 5.95 Å². The lowest BCUT2D eigenvalue weighted by Crippen LogP contribution is -2.35. The zero-order valence-electron chi connectivity index (χ0n) is 16.9. The number of hydroxylamine groups is 2. The van der Waals surface area contributed by atoms with E-state index in [1.165, 1.54) is 0 Å². The Kier molecular flexibility index (Phi) is 5.35. The molecule has 1 fully saturated rings. The van der Waals surface area contributed by atoms with Crippen LogP contribution in [0.1, 0.15) is 19.8 Å². The number of rotatable bonds is 5. The number of ether oxygens (including phenoxy) is 2. The lowest BCUT2D eigenvalue weighted by molar-refractivity contribution is -0.0823. The minimum atomic E-state index is 0.143. The normalized spacial score (nSPS) is 15.4. The van der Waals surface area contributed by atoms with E-state index in [2.05, 4.69) is 21.9 Å². The molecule has 3 aromatic rings. The first-order chi connectivity index (χ1) is 14.1. The molecule has 0 atom stereocenters. The molecule has 8 nitrogen and oxygen atoms in total.